The first-order valence-electron chi connectivity index (χ1n) is 9.01. The number of rotatable bonds is 4. The molecule has 1 aromatic rings. The van der Waals surface area contributed by atoms with Crippen molar-refractivity contribution >= 4 is 11.6 Å². The quantitative estimate of drug-likeness (QED) is 0.920. The predicted octanol–water partition coefficient (Wildman–Crippen LogP) is 2.43. The molecule has 5 nitrogen and oxygen atoms in total. The highest BCUT2D eigenvalue weighted by Gasteiger charge is 2.30. The van der Waals surface area contributed by atoms with Crippen molar-refractivity contribution in [1.82, 2.24) is 4.90 Å². The highest BCUT2D eigenvalue weighted by Crippen LogP contribution is 2.29. The number of hydrogen-bond acceptors (Lipinski definition) is 4. The van der Waals surface area contributed by atoms with Crippen LogP contribution in [0.5, 0.6) is 5.75 Å². The lowest BCUT2D eigenvalue weighted by molar-refractivity contribution is -0.129. The molecular weight excluding hydrogens is 304 g/mol. The zero-order valence-corrected chi connectivity index (χ0v) is 14.5. The molecular formula is C19H28N2O3. The van der Waals surface area contributed by atoms with Crippen LogP contribution in [0.15, 0.2) is 24.3 Å². The number of piperazine rings is 1. The Morgan fingerprint density at radius 1 is 1.08 bits per heavy atom. The largest absolute Gasteiger partial charge is 0.491 e. The first-order chi connectivity index (χ1) is 11.6. The average molecular weight is 332 g/mol. The molecule has 0 unspecified atom stereocenters. The molecule has 24 heavy (non-hydrogen) atoms. The second-order valence-corrected chi connectivity index (χ2v) is 7.06. The van der Waals surface area contributed by atoms with E-state index in [2.05, 4.69) is 17.0 Å². The Kier molecular flexibility index (Phi) is 5.29. The SMILES string of the molecule is CC(=O)N1CCN(c2ccc(OCC3(O)CCCCC3)cc2)CC1. The van der Waals surface area contributed by atoms with E-state index in [9.17, 15) is 9.90 Å². The molecule has 0 bridgehead atoms. The number of benzene rings is 1. The number of ether oxygens (including phenoxy) is 1. The summed E-state index contributed by atoms with van der Waals surface area (Å²) >= 11 is 0. The predicted molar refractivity (Wildman–Crippen MR) is 94.4 cm³/mol. The average Bonchev–Trinajstić information content (AvgIpc) is 2.61. The van der Waals surface area contributed by atoms with Gasteiger partial charge in [-0.15, -0.1) is 0 Å². The molecule has 1 saturated heterocycles. The maximum absolute atomic E-state index is 11.4. The second-order valence-electron chi connectivity index (χ2n) is 7.06. The van der Waals surface area contributed by atoms with E-state index in [1.165, 1.54) is 6.42 Å². The number of hydrogen-bond donors (Lipinski definition) is 1. The van der Waals surface area contributed by atoms with Crippen LogP contribution in [0.2, 0.25) is 0 Å². The number of anilines is 1. The van der Waals surface area contributed by atoms with E-state index >= 15 is 0 Å². The van der Waals surface area contributed by atoms with Gasteiger partial charge in [0.05, 0.1) is 5.60 Å². The molecule has 1 aliphatic carbocycles. The van der Waals surface area contributed by atoms with Crippen LogP contribution in [-0.4, -0.2) is 54.3 Å². The van der Waals surface area contributed by atoms with Crippen LogP contribution in [0.4, 0.5) is 5.69 Å². The highest BCUT2D eigenvalue weighted by atomic mass is 16.5. The first kappa shape index (κ1) is 17.1. The van der Waals surface area contributed by atoms with E-state index in [4.69, 9.17) is 4.74 Å². The molecule has 0 aromatic heterocycles. The summed E-state index contributed by atoms with van der Waals surface area (Å²) in [5, 5.41) is 10.5. The molecule has 132 valence electrons. The standard InChI is InChI=1S/C19H28N2O3/c1-16(22)20-11-13-21(14-12-20)17-5-7-18(8-6-17)24-15-19(23)9-3-2-4-10-19/h5-8,23H,2-4,9-15H2,1H3. The van der Waals surface area contributed by atoms with Crippen molar-refractivity contribution in [1.29, 1.82) is 0 Å². The van der Waals surface area contributed by atoms with Crippen LogP contribution in [0.1, 0.15) is 39.0 Å². The van der Waals surface area contributed by atoms with Crippen molar-refractivity contribution in [3.8, 4) is 5.75 Å². The van der Waals surface area contributed by atoms with E-state index in [0.29, 0.717) is 6.61 Å². The van der Waals surface area contributed by atoms with Gasteiger partial charge < -0.3 is 19.6 Å². The molecule has 1 heterocycles. The van der Waals surface area contributed by atoms with Crippen molar-refractivity contribution < 1.29 is 14.6 Å². The lowest BCUT2D eigenvalue weighted by Gasteiger charge is -2.35. The third-order valence-corrected chi connectivity index (χ3v) is 5.22. The van der Waals surface area contributed by atoms with Gasteiger partial charge in [0.2, 0.25) is 5.91 Å². The molecule has 0 spiro atoms. The number of amides is 1. The summed E-state index contributed by atoms with van der Waals surface area (Å²) in [6.07, 6.45) is 5.07. The summed E-state index contributed by atoms with van der Waals surface area (Å²) in [7, 11) is 0. The van der Waals surface area contributed by atoms with E-state index in [-0.39, 0.29) is 5.91 Å². The molecule has 1 amide bonds. The summed E-state index contributed by atoms with van der Waals surface area (Å²) in [6.45, 7) is 5.28. The zero-order chi connectivity index (χ0) is 17.0. The van der Waals surface area contributed by atoms with Crippen LogP contribution in [0.3, 0.4) is 0 Å². The van der Waals surface area contributed by atoms with Gasteiger partial charge in [-0.2, -0.15) is 0 Å². The third-order valence-electron chi connectivity index (χ3n) is 5.22. The van der Waals surface area contributed by atoms with E-state index in [0.717, 1.165) is 63.3 Å². The normalized spacial score (nSPS) is 20.8. The van der Waals surface area contributed by atoms with Gasteiger partial charge >= 0.3 is 0 Å². The number of carbonyl (C=O) groups is 1. The second kappa shape index (κ2) is 7.43. The van der Waals surface area contributed by atoms with Crippen molar-refractivity contribution in [3.05, 3.63) is 24.3 Å². The van der Waals surface area contributed by atoms with Gasteiger partial charge in [0.25, 0.3) is 0 Å². The Bertz CT molecular complexity index is 544. The Morgan fingerprint density at radius 2 is 1.71 bits per heavy atom. The lowest BCUT2D eigenvalue weighted by atomic mass is 9.85. The summed E-state index contributed by atoms with van der Waals surface area (Å²) in [5.41, 5.74) is 0.502. The van der Waals surface area contributed by atoms with Crippen molar-refractivity contribution in [2.75, 3.05) is 37.7 Å². The fourth-order valence-electron chi connectivity index (χ4n) is 3.60. The van der Waals surface area contributed by atoms with Crippen LogP contribution in [-0.2, 0) is 4.79 Å². The topological polar surface area (TPSA) is 53.0 Å². The van der Waals surface area contributed by atoms with Gasteiger partial charge in [-0.3, -0.25) is 4.79 Å². The van der Waals surface area contributed by atoms with Crippen LogP contribution in [0.25, 0.3) is 0 Å². The Balaban J connectivity index is 1.51. The van der Waals surface area contributed by atoms with Gasteiger partial charge in [0.1, 0.15) is 12.4 Å². The minimum atomic E-state index is -0.653. The molecule has 2 aliphatic rings. The molecule has 1 N–H and O–H groups in total. The lowest BCUT2D eigenvalue weighted by Crippen LogP contribution is -2.48. The smallest absolute Gasteiger partial charge is 0.219 e. The van der Waals surface area contributed by atoms with Gasteiger partial charge in [-0.25, -0.2) is 0 Å². The number of nitrogens with zero attached hydrogens (tertiary/aromatic N) is 2. The van der Waals surface area contributed by atoms with Crippen LogP contribution in [0, 0.1) is 0 Å². The highest BCUT2D eigenvalue weighted by molar-refractivity contribution is 5.73. The van der Waals surface area contributed by atoms with E-state index in [1.807, 2.05) is 17.0 Å². The molecule has 5 heteroatoms. The van der Waals surface area contributed by atoms with Gasteiger partial charge in [-0.05, 0) is 37.1 Å². The maximum atomic E-state index is 11.4. The molecule has 2 fully saturated rings. The summed E-state index contributed by atoms with van der Waals surface area (Å²) in [5.74, 6) is 0.958. The molecule has 1 saturated carbocycles. The van der Waals surface area contributed by atoms with Crippen LogP contribution >= 0.6 is 0 Å². The van der Waals surface area contributed by atoms with Gasteiger partial charge in [0, 0.05) is 38.8 Å². The Labute approximate surface area is 144 Å². The first-order valence-corrected chi connectivity index (χ1v) is 9.01. The van der Waals surface area contributed by atoms with Crippen LogP contribution < -0.4 is 9.64 Å². The Morgan fingerprint density at radius 3 is 2.29 bits per heavy atom. The van der Waals surface area contributed by atoms with E-state index < -0.39 is 5.60 Å². The summed E-state index contributed by atoms with van der Waals surface area (Å²) < 4.78 is 5.82. The fourth-order valence-corrected chi connectivity index (χ4v) is 3.60. The molecule has 1 aromatic carbocycles. The summed E-state index contributed by atoms with van der Waals surface area (Å²) in [6, 6.07) is 8.06. The molecule has 0 radical (unpaired) electrons. The van der Waals surface area contributed by atoms with Crippen molar-refractivity contribution in [2.24, 2.45) is 0 Å². The fraction of sp³-hybridized carbons (Fsp3) is 0.632. The van der Waals surface area contributed by atoms with Crippen molar-refractivity contribution in [2.45, 2.75) is 44.6 Å². The Hall–Kier alpha value is -1.75. The zero-order valence-electron chi connectivity index (χ0n) is 14.5. The van der Waals surface area contributed by atoms with Gasteiger partial charge in [-0.1, -0.05) is 19.3 Å². The van der Waals surface area contributed by atoms with E-state index in [1.54, 1.807) is 6.92 Å². The van der Waals surface area contributed by atoms with Gasteiger partial charge in [0.15, 0.2) is 0 Å². The minimum Gasteiger partial charge on any atom is -0.491 e. The minimum absolute atomic E-state index is 0.152. The molecule has 1 aliphatic heterocycles. The number of aliphatic hydroxyl groups is 1. The monoisotopic (exact) mass is 332 g/mol. The molecule has 0 atom stereocenters. The summed E-state index contributed by atoms with van der Waals surface area (Å²) in [4.78, 5) is 15.6. The molecule has 3 rings (SSSR count). The maximum Gasteiger partial charge on any atom is 0.219 e. The number of carbonyl (C=O) groups excluding carboxylic acids is 1. The third kappa shape index (κ3) is 4.20. The van der Waals surface area contributed by atoms with Crippen molar-refractivity contribution in [3.63, 3.8) is 0 Å².